The maximum atomic E-state index is 11.3. The van der Waals surface area contributed by atoms with Crippen LogP contribution in [0.3, 0.4) is 0 Å². The van der Waals surface area contributed by atoms with Crippen LogP contribution in [-0.2, 0) is 22.2 Å². The zero-order chi connectivity index (χ0) is 12.8. The van der Waals surface area contributed by atoms with Crippen LogP contribution in [0.15, 0.2) is 0 Å². The van der Waals surface area contributed by atoms with Gasteiger partial charge in [-0.25, -0.2) is 0 Å². The van der Waals surface area contributed by atoms with Crippen molar-refractivity contribution in [3.8, 4) is 0 Å². The Kier molecular flexibility index (Phi) is 16.4. The molecule has 0 heterocycles. The molecule has 0 rings (SSSR count). The van der Waals surface area contributed by atoms with Crippen molar-refractivity contribution >= 4 is 23.7 Å². The number of hydrogen-bond donors (Lipinski definition) is 0. The van der Waals surface area contributed by atoms with Gasteiger partial charge in [0.1, 0.15) is 0 Å². The Morgan fingerprint density at radius 1 is 1.17 bits per heavy atom. The minimum absolute atomic E-state index is 0. The number of carbonyl (C=O) groups excluding carboxylic acids is 2. The average molecular weight is 290 g/mol. The summed E-state index contributed by atoms with van der Waals surface area (Å²) in [5.41, 5.74) is -1.16. The molecule has 0 N–H and O–H groups in total. The average Bonchev–Trinajstić information content (AvgIpc) is 2.16. The Bertz CT molecular complexity index is 258. The first-order valence-electron chi connectivity index (χ1n) is 5.76. The second-order valence-corrected chi connectivity index (χ2v) is 5.13. The molecule has 0 fully saturated rings. The first-order valence-corrected chi connectivity index (χ1v) is 6.17. The van der Waals surface area contributed by atoms with Crippen molar-refractivity contribution in [3.63, 3.8) is 0 Å². The monoisotopic (exact) mass is 290 g/mol. The zero-order valence-corrected chi connectivity index (χ0v) is 17.1. The normalized spacial score (nSPS) is 11.9. The van der Waals surface area contributed by atoms with E-state index in [2.05, 4.69) is 19.6 Å². The van der Waals surface area contributed by atoms with Crippen LogP contribution in [0.25, 0.3) is 0 Å². The topological polar surface area (TPSA) is 57.2 Å². The van der Waals surface area contributed by atoms with Crippen molar-refractivity contribution in [1.29, 1.82) is 0 Å². The van der Waals surface area contributed by atoms with Crippen molar-refractivity contribution in [1.82, 2.24) is 0 Å². The molecule has 0 aliphatic carbocycles. The Labute approximate surface area is 160 Å². The molecule has 0 saturated carbocycles. The summed E-state index contributed by atoms with van der Waals surface area (Å²) in [5, 5.41) is 10.5. The maximum absolute atomic E-state index is 11.3. The third-order valence-electron chi connectivity index (χ3n) is 3.03. The summed E-state index contributed by atoms with van der Waals surface area (Å²) in [7, 11) is 0. The van der Waals surface area contributed by atoms with Crippen molar-refractivity contribution in [3.05, 3.63) is 0 Å². The zero-order valence-electron chi connectivity index (χ0n) is 12.2. The van der Waals surface area contributed by atoms with Gasteiger partial charge in [-0.2, -0.15) is 0 Å². The molecule has 1 unspecified atom stereocenters. The summed E-state index contributed by atoms with van der Waals surface area (Å²) >= 11 is 4.62. The van der Waals surface area contributed by atoms with E-state index in [0.717, 1.165) is 25.7 Å². The van der Waals surface area contributed by atoms with Crippen LogP contribution in [0.1, 0.15) is 52.9 Å². The van der Waals surface area contributed by atoms with Gasteiger partial charge >= 0.3 is 59.1 Å². The van der Waals surface area contributed by atoms with Crippen molar-refractivity contribution < 1.29 is 73.8 Å². The molecule has 0 spiro atoms. The van der Waals surface area contributed by atoms with Gasteiger partial charge in [-0.1, -0.05) is 46.5 Å². The second kappa shape index (κ2) is 12.1. The van der Waals surface area contributed by atoms with Crippen LogP contribution >= 0.6 is 0 Å². The largest absolute Gasteiger partial charge is 1.00 e. The number of carboxylic acid groups (broad SMARTS) is 1. The van der Waals surface area contributed by atoms with Gasteiger partial charge < -0.3 is 27.3 Å². The molecule has 18 heavy (non-hydrogen) atoms. The second-order valence-electron chi connectivity index (χ2n) is 4.73. The Morgan fingerprint density at radius 2 is 1.67 bits per heavy atom. The molecule has 0 radical (unpaired) electrons. The number of unbranched alkanes of at least 4 members (excludes halogenated alkanes) is 3. The molecule has 0 aliphatic rings. The molecule has 0 aromatic heterocycles. The third kappa shape index (κ3) is 8.51. The van der Waals surface area contributed by atoms with Crippen LogP contribution in [0, 0.1) is 11.3 Å². The van der Waals surface area contributed by atoms with Crippen LogP contribution in [0.2, 0.25) is 0 Å². The van der Waals surface area contributed by atoms with E-state index in [9.17, 15) is 14.7 Å². The molecule has 0 saturated heterocycles. The fourth-order valence-corrected chi connectivity index (χ4v) is 2.10. The first-order chi connectivity index (χ1) is 7.34. The van der Waals surface area contributed by atoms with Gasteiger partial charge in [0.15, 0.2) is 0 Å². The fraction of sp³-hybridized carbons (Fsp3) is 0.833. The standard InChI is InChI=1S/C12H22O3S.2Na/c1-4-5-6-7-8-9(10(13)16)12(2,3)11(14)15;;/h9H,4-8H2,1-3H3,(H,13,16)(H,14,15);;/q;2*+1/p-2. The van der Waals surface area contributed by atoms with Crippen molar-refractivity contribution in [2.75, 3.05) is 0 Å². The predicted octanol–water partition coefficient (Wildman–Crippen LogP) is -4.57. The fourth-order valence-electron chi connectivity index (χ4n) is 1.69. The van der Waals surface area contributed by atoms with Gasteiger partial charge in [-0.05, 0) is 6.42 Å². The van der Waals surface area contributed by atoms with Crippen molar-refractivity contribution in [2.45, 2.75) is 52.9 Å². The smallest absolute Gasteiger partial charge is 0.742 e. The van der Waals surface area contributed by atoms with Crippen LogP contribution < -0.4 is 64.2 Å². The SMILES string of the molecule is CCCCCCC(C(=O)[S-])C(C)(C)C(=O)[O-].[Na+].[Na+]. The molecule has 0 aromatic rings. The van der Waals surface area contributed by atoms with E-state index in [1.807, 2.05) is 0 Å². The summed E-state index contributed by atoms with van der Waals surface area (Å²) in [6, 6.07) is 0. The summed E-state index contributed by atoms with van der Waals surface area (Å²) in [6.07, 6.45) is 4.61. The van der Waals surface area contributed by atoms with E-state index in [1.54, 1.807) is 0 Å². The minimum Gasteiger partial charge on any atom is -0.742 e. The Balaban J connectivity index is -0.00000112. The van der Waals surface area contributed by atoms with E-state index in [4.69, 9.17) is 0 Å². The number of aliphatic carboxylic acids is 1. The Morgan fingerprint density at radius 3 is 2.00 bits per heavy atom. The molecule has 0 bridgehead atoms. The van der Waals surface area contributed by atoms with E-state index in [0.29, 0.717) is 6.42 Å². The molecular weight excluding hydrogens is 270 g/mol. The van der Waals surface area contributed by atoms with Gasteiger partial charge in [0.05, 0.1) is 0 Å². The Hall–Kier alpha value is 1.36. The predicted molar refractivity (Wildman–Crippen MR) is 63.4 cm³/mol. The molecule has 0 amide bonds. The van der Waals surface area contributed by atoms with Gasteiger partial charge in [0.25, 0.3) is 0 Å². The number of carbonyl (C=O) groups is 2. The van der Waals surface area contributed by atoms with E-state index in [1.165, 1.54) is 13.8 Å². The molecule has 1 atom stereocenters. The minimum atomic E-state index is -1.20. The van der Waals surface area contributed by atoms with E-state index >= 15 is 0 Å². The summed E-state index contributed by atoms with van der Waals surface area (Å²) < 4.78 is 0. The van der Waals surface area contributed by atoms with Crippen molar-refractivity contribution in [2.24, 2.45) is 11.3 Å². The molecular formula is C12H20Na2O3S. The van der Waals surface area contributed by atoms with Crippen LogP contribution in [-0.4, -0.2) is 11.1 Å². The number of carboxylic acids is 1. The van der Waals surface area contributed by atoms with Gasteiger partial charge in [0, 0.05) is 22.4 Å². The van der Waals surface area contributed by atoms with E-state index in [-0.39, 0.29) is 59.1 Å². The van der Waals surface area contributed by atoms with Gasteiger partial charge in [-0.3, -0.25) is 0 Å². The van der Waals surface area contributed by atoms with Crippen LogP contribution in [0.4, 0.5) is 0 Å². The molecule has 0 aromatic carbocycles. The quantitative estimate of drug-likeness (QED) is 0.257. The molecule has 94 valence electrons. The molecule has 3 nitrogen and oxygen atoms in total. The van der Waals surface area contributed by atoms with Gasteiger partial charge in [0.2, 0.25) is 0 Å². The number of hydrogen-bond acceptors (Lipinski definition) is 4. The molecule has 0 aliphatic heterocycles. The van der Waals surface area contributed by atoms with Gasteiger partial charge in [-0.15, -0.1) is 0 Å². The summed E-state index contributed by atoms with van der Waals surface area (Å²) in [6.45, 7) is 5.12. The summed E-state index contributed by atoms with van der Waals surface area (Å²) in [5.74, 6) is -1.81. The number of rotatable bonds is 8. The third-order valence-corrected chi connectivity index (χ3v) is 3.31. The van der Waals surface area contributed by atoms with E-state index < -0.39 is 22.4 Å². The first kappa shape index (κ1) is 24.4. The molecule has 6 heteroatoms. The maximum Gasteiger partial charge on any atom is 1.00 e. The summed E-state index contributed by atoms with van der Waals surface area (Å²) in [4.78, 5) is 22.2. The van der Waals surface area contributed by atoms with Crippen LogP contribution in [0.5, 0.6) is 0 Å².